The summed E-state index contributed by atoms with van der Waals surface area (Å²) in [7, 11) is 0. The number of halogens is 2. The molecule has 1 aromatic heterocycles. The summed E-state index contributed by atoms with van der Waals surface area (Å²) < 4.78 is 7.63. The number of aromatic nitrogens is 3. The first kappa shape index (κ1) is 12.8. The predicted octanol–water partition coefficient (Wildman–Crippen LogP) is 3.24. The zero-order valence-corrected chi connectivity index (χ0v) is 11.9. The first-order valence-electron chi connectivity index (χ1n) is 6.11. The van der Waals surface area contributed by atoms with Crippen molar-refractivity contribution in [3.05, 3.63) is 40.7 Å². The minimum Gasteiger partial charge on any atom is -0.488 e. The van der Waals surface area contributed by atoms with Gasteiger partial charge in [0.05, 0.1) is 18.1 Å². The molecular weight excluding hydrogens is 285 g/mol. The number of rotatable bonds is 3. The molecule has 0 bridgehead atoms. The molecule has 0 amide bonds. The highest BCUT2D eigenvalue weighted by Gasteiger charge is 2.24. The first-order chi connectivity index (χ1) is 9.11. The lowest BCUT2D eigenvalue weighted by Crippen LogP contribution is -2.21. The summed E-state index contributed by atoms with van der Waals surface area (Å²) in [6.45, 7) is 2.53. The van der Waals surface area contributed by atoms with Gasteiger partial charge >= 0.3 is 0 Å². The van der Waals surface area contributed by atoms with E-state index in [0.29, 0.717) is 6.54 Å². The number of alkyl halides is 1. The molecular formula is C13H13Cl2N3O. The van der Waals surface area contributed by atoms with Crippen LogP contribution in [0.4, 0.5) is 0 Å². The van der Waals surface area contributed by atoms with Crippen molar-refractivity contribution in [2.24, 2.45) is 0 Å². The summed E-state index contributed by atoms with van der Waals surface area (Å²) >= 11 is 11.9. The maximum Gasteiger partial charge on any atom is 0.123 e. The van der Waals surface area contributed by atoms with Gasteiger partial charge in [-0.15, -0.1) is 16.7 Å². The molecule has 4 nitrogen and oxygen atoms in total. The Morgan fingerprint density at radius 3 is 3.11 bits per heavy atom. The van der Waals surface area contributed by atoms with Crippen molar-refractivity contribution < 1.29 is 4.74 Å². The van der Waals surface area contributed by atoms with E-state index in [0.717, 1.165) is 28.5 Å². The Kier molecular flexibility index (Phi) is 3.37. The van der Waals surface area contributed by atoms with Gasteiger partial charge in [0, 0.05) is 11.4 Å². The van der Waals surface area contributed by atoms with E-state index in [1.807, 2.05) is 31.3 Å². The van der Waals surface area contributed by atoms with Crippen LogP contribution in [0.25, 0.3) is 0 Å². The van der Waals surface area contributed by atoms with Crippen molar-refractivity contribution in [2.45, 2.75) is 31.4 Å². The number of ether oxygens (including phenoxy) is 1. The summed E-state index contributed by atoms with van der Waals surface area (Å²) in [6.07, 6.45) is 2.76. The SMILES string of the molecule is CC(Cl)c1cn(CC2Cc3cc(Cl)ccc3O2)nn1. The molecule has 2 aromatic rings. The highest BCUT2D eigenvalue weighted by molar-refractivity contribution is 6.30. The molecule has 0 spiro atoms. The maximum atomic E-state index is 5.97. The molecule has 2 unspecified atom stereocenters. The van der Waals surface area contributed by atoms with Crippen LogP contribution in [0.3, 0.4) is 0 Å². The van der Waals surface area contributed by atoms with Crippen LogP contribution in [0.5, 0.6) is 5.75 Å². The summed E-state index contributed by atoms with van der Waals surface area (Å²) in [6, 6.07) is 5.70. The largest absolute Gasteiger partial charge is 0.488 e. The van der Waals surface area contributed by atoms with Gasteiger partial charge in [-0.25, -0.2) is 4.68 Å². The van der Waals surface area contributed by atoms with E-state index in [1.165, 1.54) is 0 Å². The molecule has 19 heavy (non-hydrogen) atoms. The quantitative estimate of drug-likeness (QED) is 0.817. The van der Waals surface area contributed by atoms with Crippen LogP contribution in [0.2, 0.25) is 5.02 Å². The van der Waals surface area contributed by atoms with Crippen LogP contribution < -0.4 is 4.74 Å². The molecule has 0 saturated carbocycles. The standard InChI is InChI=1S/C13H13Cl2N3O/c1-8(14)12-7-18(17-16-12)6-11-5-9-4-10(15)2-3-13(9)19-11/h2-4,7-8,11H,5-6H2,1H3. The summed E-state index contributed by atoms with van der Waals surface area (Å²) in [5.41, 5.74) is 1.92. The molecule has 1 aromatic carbocycles. The minimum atomic E-state index is -0.130. The van der Waals surface area contributed by atoms with Crippen molar-refractivity contribution in [1.82, 2.24) is 15.0 Å². The molecule has 0 radical (unpaired) electrons. The van der Waals surface area contributed by atoms with Crippen LogP contribution >= 0.6 is 23.2 Å². The highest BCUT2D eigenvalue weighted by atomic mass is 35.5. The van der Waals surface area contributed by atoms with E-state index in [1.54, 1.807) is 4.68 Å². The lowest BCUT2D eigenvalue weighted by Gasteiger charge is -2.09. The van der Waals surface area contributed by atoms with Crippen molar-refractivity contribution >= 4 is 23.2 Å². The Morgan fingerprint density at radius 1 is 1.53 bits per heavy atom. The first-order valence-corrected chi connectivity index (χ1v) is 6.92. The van der Waals surface area contributed by atoms with Gasteiger partial charge in [-0.1, -0.05) is 16.8 Å². The lowest BCUT2D eigenvalue weighted by atomic mass is 10.1. The Morgan fingerprint density at radius 2 is 2.37 bits per heavy atom. The summed E-state index contributed by atoms with van der Waals surface area (Å²) in [5.74, 6) is 0.903. The van der Waals surface area contributed by atoms with Crippen LogP contribution in [0, 0.1) is 0 Å². The van der Waals surface area contributed by atoms with E-state index >= 15 is 0 Å². The van der Waals surface area contributed by atoms with Crippen LogP contribution in [-0.2, 0) is 13.0 Å². The number of hydrogen-bond donors (Lipinski definition) is 0. The van der Waals surface area contributed by atoms with Crippen LogP contribution in [0.1, 0.15) is 23.6 Å². The average Bonchev–Trinajstić information content (AvgIpc) is 2.95. The Hall–Kier alpha value is -1.26. The second-order valence-electron chi connectivity index (χ2n) is 4.68. The molecule has 0 fully saturated rings. The molecule has 1 aliphatic rings. The molecule has 100 valence electrons. The van der Waals surface area contributed by atoms with Crippen molar-refractivity contribution in [1.29, 1.82) is 0 Å². The highest BCUT2D eigenvalue weighted by Crippen LogP contribution is 2.31. The second-order valence-corrected chi connectivity index (χ2v) is 5.77. The number of nitrogens with zero attached hydrogens (tertiary/aromatic N) is 3. The van der Waals surface area contributed by atoms with E-state index < -0.39 is 0 Å². The van der Waals surface area contributed by atoms with Gasteiger partial charge < -0.3 is 4.74 Å². The van der Waals surface area contributed by atoms with Gasteiger partial charge in [0.15, 0.2) is 0 Å². The monoisotopic (exact) mass is 297 g/mol. The third-order valence-corrected chi connectivity index (χ3v) is 3.58. The third-order valence-electron chi connectivity index (χ3n) is 3.12. The zero-order valence-electron chi connectivity index (χ0n) is 10.4. The van der Waals surface area contributed by atoms with Crippen molar-refractivity contribution in [3.8, 4) is 5.75 Å². The number of hydrogen-bond acceptors (Lipinski definition) is 3. The van der Waals surface area contributed by atoms with Gasteiger partial charge in [-0.3, -0.25) is 0 Å². The van der Waals surface area contributed by atoms with Gasteiger partial charge in [0.25, 0.3) is 0 Å². The molecule has 0 saturated heterocycles. The van der Waals surface area contributed by atoms with E-state index in [9.17, 15) is 0 Å². The number of benzene rings is 1. The van der Waals surface area contributed by atoms with Gasteiger partial charge in [0.2, 0.25) is 0 Å². The fourth-order valence-electron chi connectivity index (χ4n) is 2.18. The van der Waals surface area contributed by atoms with Gasteiger partial charge in [-0.05, 0) is 30.7 Å². The summed E-state index contributed by atoms with van der Waals surface area (Å²) in [4.78, 5) is 0. The molecule has 2 heterocycles. The molecule has 2 atom stereocenters. The average molecular weight is 298 g/mol. The minimum absolute atomic E-state index is 0.0636. The van der Waals surface area contributed by atoms with Crippen LogP contribution in [-0.4, -0.2) is 21.1 Å². The summed E-state index contributed by atoms with van der Waals surface area (Å²) in [5, 5.41) is 8.69. The smallest absolute Gasteiger partial charge is 0.123 e. The fourth-order valence-corrected chi connectivity index (χ4v) is 2.48. The maximum absolute atomic E-state index is 5.97. The van der Waals surface area contributed by atoms with Crippen molar-refractivity contribution in [3.63, 3.8) is 0 Å². The van der Waals surface area contributed by atoms with Crippen molar-refractivity contribution in [2.75, 3.05) is 0 Å². The molecule has 6 heteroatoms. The Balaban J connectivity index is 1.69. The fraction of sp³-hybridized carbons (Fsp3) is 0.385. The topological polar surface area (TPSA) is 39.9 Å². The van der Waals surface area contributed by atoms with Crippen LogP contribution in [0.15, 0.2) is 24.4 Å². The second kappa shape index (κ2) is 5.02. The molecule has 0 aliphatic carbocycles. The molecule has 3 rings (SSSR count). The predicted molar refractivity (Wildman–Crippen MR) is 73.9 cm³/mol. The lowest BCUT2D eigenvalue weighted by molar-refractivity contribution is 0.202. The zero-order chi connectivity index (χ0) is 13.4. The van der Waals surface area contributed by atoms with E-state index in [-0.39, 0.29) is 11.5 Å². The molecule has 0 N–H and O–H groups in total. The van der Waals surface area contributed by atoms with Gasteiger partial charge in [0.1, 0.15) is 17.5 Å². The number of fused-ring (bicyclic) bond motifs is 1. The molecule has 1 aliphatic heterocycles. The Labute approximate surface area is 121 Å². The Bertz CT molecular complexity index is 597. The van der Waals surface area contributed by atoms with E-state index in [2.05, 4.69) is 10.3 Å². The van der Waals surface area contributed by atoms with E-state index in [4.69, 9.17) is 27.9 Å². The normalized spacial score (nSPS) is 19.0. The third kappa shape index (κ3) is 2.69. The van der Waals surface area contributed by atoms with Gasteiger partial charge in [-0.2, -0.15) is 0 Å².